The van der Waals surface area contributed by atoms with Gasteiger partial charge in [-0.05, 0) is 68.5 Å². The normalized spacial score (nSPS) is 20.8. The Morgan fingerprint density at radius 3 is 2.00 bits per heavy atom. The van der Waals surface area contributed by atoms with Crippen LogP contribution in [0.2, 0.25) is 0 Å². The largest absolute Gasteiger partial charge is 0.447 e. The number of nitrogens with zero attached hydrogens (tertiary/aromatic N) is 5. The number of alkyl halides is 6. The number of carbonyl (C=O) groups excluding carboxylic acids is 1. The zero-order valence-electron chi connectivity index (χ0n) is 20.9. The van der Waals surface area contributed by atoms with Crippen LogP contribution in [-0.4, -0.2) is 55.8 Å². The Labute approximate surface area is 210 Å². The number of hydrogen-bond donors (Lipinski definition) is 1. The highest BCUT2D eigenvalue weighted by Crippen LogP contribution is 2.38. The van der Waals surface area contributed by atoms with Gasteiger partial charge in [-0.3, -0.25) is 0 Å². The summed E-state index contributed by atoms with van der Waals surface area (Å²) in [5.74, 6) is 0.0406. The van der Waals surface area contributed by atoms with Gasteiger partial charge in [-0.15, -0.1) is 5.10 Å². The predicted molar refractivity (Wildman–Crippen MR) is 121 cm³/mol. The number of aromatic amines is 1. The smallest absolute Gasteiger partial charge is 0.416 e. The van der Waals surface area contributed by atoms with Crippen molar-refractivity contribution in [3.8, 4) is 0 Å². The van der Waals surface area contributed by atoms with Crippen LogP contribution >= 0.6 is 0 Å². The first-order valence-corrected chi connectivity index (χ1v) is 12.0. The van der Waals surface area contributed by atoms with Crippen LogP contribution < -0.4 is 4.90 Å². The van der Waals surface area contributed by atoms with Gasteiger partial charge in [0.05, 0.1) is 17.2 Å². The predicted octanol–water partition coefficient (Wildman–Crippen LogP) is 5.81. The molecule has 8 nitrogen and oxygen atoms in total. The average molecular weight is 537 g/mol. The van der Waals surface area contributed by atoms with Gasteiger partial charge in [0, 0.05) is 24.7 Å². The molecule has 2 unspecified atom stereocenters. The molecule has 3 rings (SSSR count). The first-order valence-electron chi connectivity index (χ1n) is 12.0. The van der Waals surface area contributed by atoms with Crippen LogP contribution in [0.4, 0.5) is 37.1 Å². The van der Waals surface area contributed by atoms with E-state index in [9.17, 15) is 31.1 Å². The molecule has 3 atom stereocenters. The van der Waals surface area contributed by atoms with Crippen LogP contribution in [0.25, 0.3) is 0 Å². The molecule has 206 valence electrons. The number of nitrogens with one attached hydrogen (secondary N) is 1. The topological polar surface area (TPSA) is 87.2 Å². The Morgan fingerprint density at radius 2 is 1.59 bits per heavy atom. The summed E-state index contributed by atoms with van der Waals surface area (Å²) < 4.78 is 86.0. The molecule has 0 saturated carbocycles. The molecule has 1 aliphatic rings. The minimum Gasteiger partial charge on any atom is -0.447 e. The Bertz CT molecular complexity index is 997. The zero-order chi connectivity index (χ0) is 27.5. The van der Waals surface area contributed by atoms with Crippen molar-refractivity contribution in [2.45, 2.75) is 96.5 Å². The molecule has 1 amide bonds. The van der Waals surface area contributed by atoms with Crippen LogP contribution in [0.5, 0.6) is 0 Å². The highest BCUT2D eigenvalue weighted by Gasteiger charge is 2.42. The average Bonchev–Trinajstić information content (AvgIpc) is 3.34. The van der Waals surface area contributed by atoms with Gasteiger partial charge in [0.1, 0.15) is 0 Å². The number of carbonyl (C=O) groups is 1. The first-order chi connectivity index (χ1) is 17.2. The van der Waals surface area contributed by atoms with Gasteiger partial charge in [0.25, 0.3) is 5.95 Å². The van der Waals surface area contributed by atoms with Crippen LogP contribution in [-0.2, 0) is 23.6 Å². The van der Waals surface area contributed by atoms with E-state index in [0.717, 1.165) is 0 Å². The third kappa shape index (κ3) is 6.83. The second kappa shape index (κ2) is 11.1. The number of hydrogen-bond acceptors (Lipinski definition) is 6. The molecule has 0 spiro atoms. The van der Waals surface area contributed by atoms with Gasteiger partial charge >= 0.3 is 18.4 Å². The van der Waals surface area contributed by atoms with Crippen molar-refractivity contribution in [1.29, 1.82) is 0 Å². The molecule has 0 bridgehead atoms. The lowest BCUT2D eigenvalue weighted by atomic mass is 9.87. The second-order valence-corrected chi connectivity index (χ2v) is 9.34. The van der Waals surface area contributed by atoms with Gasteiger partial charge in [0.2, 0.25) is 0 Å². The molecular weight excluding hydrogens is 506 g/mol. The summed E-state index contributed by atoms with van der Waals surface area (Å²) >= 11 is 0. The summed E-state index contributed by atoms with van der Waals surface area (Å²) in [6.45, 7) is 6.97. The van der Waals surface area contributed by atoms with Crippen molar-refractivity contribution in [2.75, 3.05) is 4.90 Å². The molecule has 1 N–H and O–H groups in total. The fourth-order valence-electron chi connectivity index (χ4n) is 4.74. The summed E-state index contributed by atoms with van der Waals surface area (Å²) in [5, 5.41) is 13.7. The maximum absolute atomic E-state index is 13.4. The lowest BCUT2D eigenvalue weighted by molar-refractivity contribution is -0.143. The van der Waals surface area contributed by atoms with Crippen molar-refractivity contribution in [3.05, 3.63) is 34.9 Å². The van der Waals surface area contributed by atoms with E-state index in [1.54, 1.807) is 23.6 Å². The van der Waals surface area contributed by atoms with Crippen molar-refractivity contribution in [3.63, 3.8) is 0 Å². The molecule has 1 saturated heterocycles. The zero-order valence-corrected chi connectivity index (χ0v) is 20.9. The molecule has 0 radical (unpaired) electrons. The number of tetrazole rings is 1. The number of anilines is 1. The fraction of sp³-hybridized carbons (Fsp3) is 0.652. The maximum Gasteiger partial charge on any atom is 0.416 e. The lowest BCUT2D eigenvalue weighted by Crippen LogP contribution is -2.57. The number of benzene rings is 1. The second-order valence-electron chi connectivity index (χ2n) is 9.34. The number of ether oxygens (including phenoxy) is 1. The highest BCUT2D eigenvalue weighted by atomic mass is 19.4. The summed E-state index contributed by atoms with van der Waals surface area (Å²) in [4.78, 5) is 16.1. The SMILES string of the molecule is CCC1CC(N(Cc2cc(C(F)(F)F)cc(C(F)(F)F)c2)c2nn[nH]n2)C[C@@H](CC)N1C(=O)OC(C)C. The standard InChI is InChI=1S/C23H30F6N6O2/c1-5-17-10-19(11-18(6-2)35(17)21(36)37-13(3)4)34(20-30-32-33-31-20)12-14-7-15(22(24,25)26)9-16(8-14)23(27,28)29/h7-9,13,17-19H,5-6,10-12H2,1-4H3,(H,30,31,32,33)/t17-,18?,19?/m1/s1. The summed E-state index contributed by atoms with van der Waals surface area (Å²) in [6, 6.07) is 0.576. The maximum atomic E-state index is 13.4. The van der Waals surface area contributed by atoms with Crippen molar-refractivity contribution in [1.82, 2.24) is 25.5 Å². The monoisotopic (exact) mass is 536 g/mol. The van der Waals surface area contributed by atoms with E-state index in [1.165, 1.54) is 0 Å². The Morgan fingerprint density at radius 1 is 1.05 bits per heavy atom. The number of aromatic nitrogens is 4. The van der Waals surface area contributed by atoms with Crippen LogP contribution in [0.3, 0.4) is 0 Å². The molecule has 14 heteroatoms. The van der Waals surface area contributed by atoms with E-state index in [-0.39, 0.29) is 48.4 Å². The number of likely N-dealkylation sites (tertiary alicyclic amines) is 1. The molecule has 2 aromatic rings. The van der Waals surface area contributed by atoms with Crippen molar-refractivity contribution in [2.24, 2.45) is 0 Å². The molecule has 0 aliphatic carbocycles. The van der Waals surface area contributed by atoms with Gasteiger partial charge in [-0.25, -0.2) is 4.79 Å². The summed E-state index contributed by atoms with van der Waals surface area (Å²) in [7, 11) is 0. The number of piperidine rings is 1. The molecule has 1 fully saturated rings. The van der Waals surface area contributed by atoms with Crippen molar-refractivity contribution < 1.29 is 35.9 Å². The third-order valence-electron chi connectivity index (χ3n) is 6.40. The van der Waals surface area contributed by atoms with Gasteiger partial charge in [-0.2, -0.15) is 31.6 Å². The number of rotatable bonds is 7. The van der Waals surface area contributed by atoms with E-state index in [2.05, 4.69) is 20.6 Å². The van der Waals surface area contributed by atoms with Crippen molar-refractivity contribution >= 4 is 12.0 Å². The quantitative estimate of drug-likeness (QED) is 0.450. The summed E-state index contributed by atoms with van der Waals surface area (Å²) in [5.41, 5.74) is -2.99. The van der Waals surface area contributed by atoms with E-state index < -0.39 is 29.6 Å². The number of halogens is 6. The Hall–Kier alpha value is -3.06. The third-order valence-corrected chi connectivity index (χ3v) is 6.40. The number of H-pyrrole nitrogens is 1. The van der Waals surface area contributed by atoms with Gasteiger partial charge < -0.3 is 14.5 Å². The minimum atomic E-state index is -4.96. The number of amides is 1. The Balaban J connectivity index is 1.99. The van der Waals surface area contributed by atoms with E-state index >= 15 is 0 Å². The van der Waals surface area contributed by atoms with E-state index in [0.29, 0.717) is 37.8 Å². The lowest BCUT2D eigenvalue weighted by Gasteiger charge is -2.47. The fourth-order valence-corrected chi connectivity index (χ4v) is 4.74. The molecule has 2 heterocycles. The van der Waals surface area contributed by atoms with Crippen LogP contribution in [0, 0.1) is 0 Å². The van der Waals surface area contributed by atoms with E-state index in [4.69, 9.17) is 4.74 Å². The van der Waals surface area contributed by atoms with Gasteiger partial charge in [0.15, 0.2) is 0 Å². The van der Waals surface area contributed by atoms with E-state index in [1.807, 2.05) is 13.8 Å². The molecular formula is C23H30F6N6O2. The van der Waals surface area contributed by atoms with Gasteiger partial charge in [-0.1, -0.05) is 18.9 Å². The van der Waals surface area contributed by atoms with Crippen LogP contribution in [0.1, 0.15) is 70.1 Å². The molecule has 37 heavy (non-hydrogen) atoms. The summed E-state index contributed by atoms with van der Waals surface area (Å²) in [6.07, 6.45) is -8.78. The minimum absolute atomic E-state index is 0.0406. The first kappa shape index (κ1) is 28.5. The molecule has 1 aromatic heterocycles. The van der Waals surface area contributed by atoms with Crippen LogP contribution in [0.15, 0.2) is 18.2 Å². The Kier molecular flexibility index (Phi) is 8.58. The highest BCUT2D eigenvalue weighted by molar-refractivity contribution is 5.69. The molecule has 1 aromatic carbocycles. The molecule has 1 aliphatic heterocycles.